The van der Waals surface area contributed by atoms with E-state index in [0.29, 0.717) is 10.9 Å². The summed E-state index contributed by atoms with van der Waals surface area (Å²) in [6, 6.07) is 9.47. The highest BCUT2D eigenvalue weighted by atomic mass is 127. The standard InChI is InChI=1S/C14H10IN3O2S2/c15-10-1-3-11(4-2-10)20-7-12(19)16-14-18-17-13(22-14)9-5-6-21-8-9/h1-6,8H,7H2,(H,16,18,19). The average Bonchev–Trinajstić information content (AvgIpc) is 3.17. The van der Waals surface area contributed by atoms with Gasteiger partial charge in [0.1, 0.15) is 10.8 Å². The second kappa shape index (κ2) is 7.16. The number of carbonyl (C=O) groups excluding carboxylic acids is 1. The fourth-order valence-electron chi connectivity index (χ4n) is 1.61. The van der Waals surface area contributed by atoms with Crippen LogP contribution in [0.1, 0.15) is 0 Å². The Bertz CT molecular complexity index is 757. The zero-order valence-electron chi connectivity index (χ0n) is 11.2. The van der Waals surface area contributed by atoms with Crippen molar-refractivity contribution in [1.82, 2.24) is 10.2 Å². The maximum atomic E-state index is 11.9. The van der Waals surface area contributed by atoms with E-state index < -0.39 is 0 Å². The number of nitrogens with one attached hydrogen (secondary N) is 1. The predicted molar refractivity (Wildman–Crippen MR) is 96.5 cm³/mol. The first-order chi connectivity index (χ1) is 10.7. The van der Waals surface area contributed by atoms with Crippen LogP contribution in [0.15, 0.2) is 41.1 Å². The Morgan fingerprint density at radius 1 is 1.23 bits per heavy atom. The van der Waals surface area contributed by atoms with Crippen molar-refractivity contribution in [1.29, 1.82) is 0 Å². The fourth-order valence-corrected chi connectivity index (χ4v) is 3.44. The minimum Gasteiger partial charge on any atom is -0.484 e. The third-order valence-corrected chi connectivity index (χ3v) is 4.91. The second-order valence-electron chi connectivity index (χ2n) is 4.22. The van der Waals surface area contributed by atoms with E-state index in [0.717, 1.165) is 14.1 Å². The summed E-state index contributed by atoms with van der Waals surface area (Å²) < 4.78 is 6.53. The minimum absolute atomic E-state index is 0.0616. The zero-order chi connectivity index (χ0) is 15.4. The normalized spacial score (nSPS) is 10.4. The van der Waals surface area contributed by atoms with Gasteiger partial charge in [-0.1, -0.05) is 11.3 Å². The lowest BCUT2D eigenvalue weighted by Crippen LogP contribution is -2.20. The lowest BCUT2D eigenvalue weighted by molar-refractivity contribution is -0.118. The van der Waals surface area contributed by atoms with Gasteiger partial charge in [0.05, 0.1) is 0 Å². The monoisotopic (exact) mass is 443 g/mol. The molecule has 1 N–H and O–H groups in total. The van der Waals surface area contributed by atoms with Crippen LogP contribution in [0.2, 0.25) is 0 Å². The van der Waals surface area contributed by atoms with Gasteiger partial charge in [-0.05, 0) is 58.3 Å². The maximum absolute atomic E-state index is 11.9. The molecule has 0 saturated carbocycles. The average molecular weight is 443 g/mol. The van der Waals surface area contributed by atoms with Crippen LogP contribution in [0.5, 0.6) is 5.75 Å². The number of ether oxygens (including phenoxy) is 1. The molecule has 1 aromatic carbocycles. The van der Waals surface area contributed by atoms with Crippen molar-refractivity contribution in [2.75, 3.05) is 11.9 Å². The van der Waals surface area contributed by atoms with E-state index in [2.05, 4.69) is 38.1 Å². The van der Waals surface area contributed by atoms with E-state index in [1.165, 1.54) is 11.3 Å². The van der Waals surface area contributed by atoms with Gasteiger partial charge >= 0.3 is 0 Å². The Hall–Kier alpha value is -1.52. The molecule has 0 bridgehead atoms. The molecule has 0 aliphatic heterocycles. The summed E-state index contributed by atoms with van der Waals surface area (Å²) in [5, 5.41) is 15.9. The number of amides is 1. The molecule has 3 aromatic rings. The molecular formula is C14H10IN3O2S2. The van der Waals surface area contributed by atoms with Crippen molar-refractivity contribution in [2.45, 2.75) is 0 Å². The lowest BCUT2D eigenvalue weighted by Gasteiger charge is -2.05. The van der Waals surface area contributed by atoms with Crippen LogP contribution >= 0.6 is 45.3 Å². The highest BCUT2D eigenvalue weighted by molar-refractivity contribution is 14.1. The van der Waals surface area contributed by atoms with Crippen LogP contribution in [0.4, 0.5) is 5.13 Å². The molecule has 2 heterocycles. The molecule has 0 saturated heterocycles. The summed E-state index contributed by atoms with van der Waals surface area (Å²) in [7, 11) is 0. The number of benzene rings is 1. The van der Waals surface area contributed by atoms with Gasteiger partial charge in [0.15, 0.2) is 6.61 Å². The predicted octanol–water partition coefficient (Wildman–Crippen LogP) is 3.89. The number of aromatic nitrogens is 2. The topological polar surface area (TPSA) is 64.1 Å². The van der Waals surface area contributed by atoms with Gasteiger partial charge in [-0.2, -0.15) is 11.3 Å². The fraction of sp³-hybridized carbons (Fsp3) is 0.0714. The van der Waals surface area contributed by atoms with Crippen LogP contribution in [-0.2, 0) is 4.79 Å². The number of halogens is 1. The maximum Gasteiger partial charge on any atom is 0.264 e. The van der Waals surface area contributed by atoms with Crippen molar-refractivity contribution < 1.29 is 9.53 Å². The Morgan fingerprint density at radius 2 is 2.05 bits per heavy atom. The summed E-state index contributed by atoms with van der Waals surface area (Å²) in [5.74, 6) is 0.401. The molecule has 0 spiro atoms. The number of anilines is 1. The first-order valence-electron chi connectivity index (χ1n) is 6.25. The van der Waals surface area contributed by atoms with E-state index >= 15 is 0 Å². The first kappa shape index (κ1) is 15.4. The highest BCUT2D eigenvalue weighted by Gasteiger charge is 2.10. The van der Waals surface area contributed by atoms with Crippen molar-refractivity contribution in [3.8, 4) is 16.3 Å². The molecule has 0 radical (unpaired) electrons. The zero-order valence-corrected chi connectivity index (χ0v) is 14.9. The third-order valence-electron chi connectivity index (χ3n) is 2.62. The Morgan fingerprint density at radius 3 is 2.77 bits per heavy atom. The molecule has 22 heavy (non-hydrogen) atoms. The molecule has 0 atom stereocenters. The molecule has 0 fully saturated rings. The summed E-state index contributed by atoms with van der Waals surface area (Å²) in [4.78, 5) is 11.9. The number of rotatable bonds is 5. The third kappa shape index (κ3) is 4.02. The molecule has 112 valence electrons. The van der Waals surface area contributed by atoms with Gasteiger partial charge in [-0.15, -0.1) is 10.2 Å². The number of hydrogen-bond acceptors (Lipinski definition) is 6. The second-order valence-corrected chi connectivity index (χ2v) is 7.22. The van der Waals surface area contributed by atoms with Crippen LogP contribution in [0.3, 0.4) is 0 Å². The minimum atomic E-state index is -0.258. The molecule has 3 rings (SSSR count). The summed E-state index contributed by atoms with van der Waals surface area (Å²) in [6.07, 6.45) is 0. The quantitative estimate of drug-likeness (QED) is 0.608. The van der Waals surface area contributed by atoms with Crippen molar-refractivity contribution in [3.63, 3.8) is 0 Å². The number of nitrogens with zero attached hydrogens (tertiary/aromatic N) is 2. The van der Waals surface area contributed by atoms with Gasteiger partial charge in [0.2, 0.25) is 5.13 Å². The van der Waals surface area contributed by atoms with Crippen LogP contribution in [-0.4, -0.2) is 22.7 Å². The van der Waals surface area contributed by atoms with Crippen molar-refractivity contribution in [3.05, 3.63) is 44.7 Å². The molecular weight excluding hydrogens is 433 g/mol. The van der Waals surface area contributed by atoms with E-state index in [4.69, 9.17) is 4.74 Å². The molecule has 0 aliphatic carbocycles. The van der Waals surface area contributed by atoms with Crippen LogP contribution < -0.4 is 10.1 Å². The Balaban J connectivity index is 1.54. The van der Waals surface area contributed by atoms with Crippen LogP contribution in [0, 0.1) is 3.57 Å². The summed E-state index contributed by atoms with van der Waals surface area (Å²) >= 11 is 5.15. The van der Waals surface area contributed by atoms with E-state index in [9.17, 15) is 4.79 Å². The lowest BCUT2D eigenvalue weighted by atomic mass is 10.3. The van der Waals surface area contributed by atoms with Crippen LogP contribution in [0.25, 0.3) is 10.6 Å². The molecule has 1 amide bonds. The molecule has 8 heteroatoms. The van der Waals surface area contributed by atoms with Gasteiger partial charge in [-0.3, -0.25) is 10.1 Å². The van der Waals surface area contributed by atoms with E-state index in [-0.39, 0.29) is 12.5 Å². The number of thiophene rings is 1. The van der Waals surface area contributed by atoms with Crippen molar-refractivity contribution in [2.24, 2.45) is 0 Å². The Kier molecular flexibility index (Phi) is 5.01. The number of hydrogen-bond donors (Lipinski definition) is 1. The van der Waals surface area contributed by atoms with Crippen molar-refractivity contribution >= 4 is 56.3 Å². The van der Waals surface area contributed by atoms with Gasteiger partial charge in [0.25, 0.3) is 5.91 Å². The smallest absolute Gasteiger partial charge is 0.264 e. The van der Waals surface area contributed by atoms with Gasteiger partial charge in [0, 0.05) is 14.5 Å². The highest BCUT2D eigenvalue weighted by Crippen LogP contribution is 2.27. The molecule has 5 nitrogen and oxygen atoms in total. The Labute approximate surface area is 148 Å². The van der Waals surface area contributed by atoms with Gasteiger partial charge < -0.3 is 4.74 Å². The summed E-state index contributed by atoms with van der Waals surface area (Å²) in [6.45, 7) is -0.0616. The molecule has 2 aromatic heterocycles. The SMILES string of the molecule is O=C(COc1ccc(I)cc1)Nc1nnc(-c2ccsc2)s1. The first-order valence-corrected chi connectivity index (χ1v) is 9.09. The van der Waals surface area contributed by atoms with E-state index in [1.54, 1.807) is 11.3 Å². The van der Waals surface area contributed by atoms with Gasteiger partial charge in [-0.25, -0.2) is 0 Å². The van der Waals surface area contributed by atoms with E-state index in [1.807, 2.05) is 41.1 Å². The molecule has 0 aliphatic rings. The largest absolute Gasteiger partial charge is 0.484 e. The summed E-state index contributed by atoms with van der Waals surface area (Å²) in [5.41, 5.74) is 1.01. The molecule has 0 unspecified atom stereocenters. The number of carbonyl (C=O) groups is 1.